The molecule has 3 rings (SSSR count). The number of carbonyl (C=O) groups excluding carboxylic acids is 2. The maximum Gasteiger partial charge on any atom is 0.226 e. The van der Waals surface area contributed by atoms with E-state index >= 15 is 0 Å². The third-order valence-corrected chi connectivity index (χ3v) is 5.00. The molecule has 132 valence electrons. The highest BCUT2D eigenvalue weighted by molar-refractivity contribution is 7.09. The van der Waals surface area contributed by atoms with Gasteiger partial charge in [-0.2, -0.15) is 0 Å². The number of hydrogen-bond acceptors (Lipinski definition) is 6. The molecule has 1 aliphatic heterocycles. The van der Waals surface area contributed by atoms with E-state index in [0.717, 1.165) is 35.8 Å². The fraction of sp³-hybridized carbons (Fsp3) is 0.471. The van der Waals surface area contributed by atoms with Gasteiger partial charge in [0, 0.05) is 18.8 Å². The zero-order chi connectivity index (χ0) is 17.8. The molecule has 0 radical (unpaired) electrons. The van der Waals surface area contributed by atoms with E-state index in [0.29, 0.717) is 12.2 Å². The van der Waals surface area contributed by atoms with E-state index in [-0.39, 0.29) is 24.3 Å². The Balaban J connectivity index is 1.60. The van der Waals surface area contributed by atoms with Gasteiger partial charge in [-0.3, -0.25) is 19.6 Å². The van der Waals surface area contributed by atoms with E-state index in [9.17, 15) is 9.59 Å². The van der Waals surface area contributed by atoms with Crippen LogP contribution in [0.3, 0.4) is 0 Å². The zero-order valence-corrected chi connectivity index (χ0v) is 15.2. The molecule has 1 saturated heterocycles. The minimum Gasteiger partial charge on any atom is -0.350 e. The van der Waals surface area contributed by atoms with Crippen molar-refractivity contribution in [3.8, 4) is 0 Å². The van der Waals surface area contributed by atoms with Crippen LogP contribution in [0.4, 0.5) is 0 Å². The summed E-state index contributed by atoms with van der Waals surface area (Å²) in [7, 11) is 0. The van der Waals surface area contributed by atoms with Crippen molar-refractivity contribution in [2.75, 3.05) is 6.54 Å². The molecule has 8 heteroatoms. The van der Waals surface area contributed by atoms with Crippen LogP contribution in [0.1, 0.15) is 47.9 Å². The molecule has 2 amide bonds. The van der Waals surface area contributed by atoms with Crippen molar-refractivity contribution in [1.82, 2.24) is 25.2 Å². The lowest BCUT2D eigenvalue weighted by Gasteiger charge is -2.22. The van der Waals surface area contributed by atoms with Crippen molar-refractivity contribution in [3.63, 3.8) is 0 Å². The van der Waals surface area contributed by atoms with Crippen molar-refractivity contribution in [2.45, 2.75) is 45.7 Å². The number of rotatable bonds is 5. The van der Waals surface area contributed by atoms with Gasteiger partial charge >= 0.3 is 0 Å². The van der Waals surface area contributed by atoms with Gasteiger partial charge in [-0.15, -0.1) is 11.3 Å². The minimum absolute atomic E-state index is 0.0152. The Bertz CT molecular complexity index is 776. The first kappa shape index (κ1) is 17.5. The molecule has 1 atom stereocenters. The van der Waals surface area contributed by atoms with Crippen molar-refractivity contribution < 1.29 is 9.59 Å². The monoisotopic (exact) mass is 359 g/mol. The Hall–Kier alpha value is -2.35. The number of amides is 2. The van der Waals surface area contributed by atoms with E-state index in [1.54, 1.807) is 19.3 Å². The Morgan fingerprint density at radius 2 is 2.16 bits per heavy atom. The summed E-state index contributed by atoms with van der Waals surface area (Å²) < 4.78 is 0. The molecular weight excluding hydrogens is 338 g/mol. The van der Waals surface area contributed by atoms with Crippen molar-refractivity contribution in [1.29, 1.82) is 0 Å². The molecule has 1 fully saturated rings. The summed E-state index contributed by atoms with van der Waals surface area (Å²) in [5.74, 6) is -0.0368. The molecule has 0 spiro atoms. The standard InChI is InChI=1S/C17H21N5O2S/c1-11-20-13(10-25-11)6-17(24)19-8-14-7-18-9-15(21-14)16-4-3-5-22(16)12(2)23/h7,9-10,16H,3-6,8H2,1-2H3,(H,19,24)/t16-/m1/s1. The second-order valence-corrected chi connectivity index (χ2v) is 7.18. The number of thiazole rings is 1. The molecule has 1 aliphatic rings. The van der Waals surface area contributed by atoms with Crippen LogP contribution in [0.25, 0.3) is 0 Å². The Morgan fingerprint density at radius 1 is 1.32 bits per heavy atom. The fourth-order valence-electron chi connectivity index (χ4n) is 3.03. The molecule has 0 saturated carbocycles. The smallest absolute Gasteiger partial charge is 0.226 e. The van der Waals surface area contributed by atoms with Crippen LogP contribution in [0, 0.1) is 6.92 Å². The first-order valence-electron chi connectivity index (χ1n) is 8.28. The predicted octanol–water partition coefficient (Wildman–Crippen LogP) is 1.78. The van der Waals surface area contributed by atoms with Gasteiger partial charge in [-0.1, -0.05) is 0 Å². The van der Waals surface area contributed by atoms with E-state index < -0.39 is 0 Å². The van der Waals surface area contributed by atoms with E-state index in [1.165, 1.54) is 11.3 Å². The highest BCUT2D eigenvalue weighted by Crippen LogP contribution is 2.30. The second-order valence-electron chi connectivity index (χ2n) is 6.12. The van der Waals surface area contributed by atoms with Crippen LogP contribution in [-0.4, -0.2) is 38.2 Å². The summed E-state index contributed by atoms with van der Waals surface area (Å²) in [6, 6.07) is -0.0152. The van der Waals surface area contributed by atoms with Gasteiger partial charge in [-0.25, -0.2) is 4.98 Å². The lowest BCUT2D eigenvalue weighted by Crippen LogP contribution is -2.29. The minimum atomic E-state index is -0.0938. The van der Waals surface area contributed by atoms with Gasteiger partial charge in [0.2, 0.25) is 11.8 Å². The van der Waals surface area contributed by atoms with E-state index in [2.05, 4.69) is 20.3 Å². The molecule has 0 aromatic carbocycles. The molecular formula is C17H21N5O2S. The maximum atomic E-state index is 12.0. The molecule has 0 aliphatic carbocycles. The van der Waals surface area contributed by atoms with Crippen molar-refractivity contribution >= 4 is 23.2 Å². The highest BCUT2D eigenvalue weighted by atomic mass is 32.1. The third kappa shape index (κ3) is 4.39. The largest absolute Gasteiger partial charge is 0.350 e. The lowest BCUT2D eigenvalue weighted by molar-refractivity contribution is -0.129. The Labute approximate surface area is 150 Å². The molecule has 1 N–H and O–H groups in total. The average Bonchev–Trinajstić information content (AvgIpc) is 3.22. The lowest BCUT2D eigenvalue weighted by atomic mass is 10.1. The summed E-state index contributed by atoms with van der Waals surface area (Å²) in [5.41, 5.74) is 2.26. The summed E-state index contributed by atoms with van der Waals surface area (Å²) in [6.45, 7) is 4.57. The summed E-state index contributed by atoms with van der Waals surface area (Å²) in [4.78, 5) is 38.7. The number of aryl methyl sites for hydroxylation is 1. The molecule has 7 nitrogen and oxygen atoms in total. The van der Waals surface area contributed by atoms with Gasteiger partial charge < -0.3 is 10.2 Å². The van der Waals surface area contributed by atoms with Crippen LogP contribution in [0.2, 0.25) is 0 Å². The molecule has 25 heavy (non-hydrogen) atoms. The topological polar surface area (TPSA) is 88.1 Å². The summed E-state index contributed by atoms with van der Waals surface area (Å²) >= 11 is 1.53. The zero-order valence-electron chi connectivity index (χ0n) is 14.4. The van der Waals surface area contributed by atoms with Crippen LogP contribution < -0.4 is 5.32 Å². The molecule has 2 aromatic heterocycles. The number of carbonyl (C=O) groups is 2. The van der Waals surface area contributed by atoms with Crippen LogP contribution in [0.15, 0.2) is 17.8 Å². The number of nitrogens with zero attached hydrogens (tertiary/aromatic N) is 4. The van der Waals surface area contributed by atoms with Crippen molar-refractivity contribution in [3.05, 3.63) is 39.9 Å². The number of likely N-dealkylation sites (tertiary alicyclic amines) is 1. The van der Waals surface area contributed by atoms with Gasteiger partial charge in [0.25, 0.3) is 0 Å². The highest BCUT2D eigenvalue weighted by Gasteiger charge is 2.29. The van der Waals surface area contributed by atoms with Crippen LogP contribution >= 0.6 is 11.3 Å². The van der Waals surface area contributed by atoms with Crippen molar-refractivity contribution in [2.24, 2.45) is 0 Å². The maximum absolute atomic E-state index is 12.0. The number of aromatic nitrogens is 3. The number of hydrogen-bond donors (Lipinski definition) is 1. The van der Waals surface area contributed by atoms with E-state index in [1.807, 2.05) is 17.2 Å². The SMILES string of the molecule is CC(=O)N1CCC[C@@H]1c1cncc(CNC(=O)Cc2csc(C)n2)n1. The normalized spacial score (nSPS) is 16.9. The van der Waals surface area contributed by atoms with Gasteiger partial charge in [0.05, 0.1) is 53.5 Å². The van der Waals surface area contributed by atoms with Crippen LogP contribution in [-0.2, 0) is 22.6 Å². The summed E-state index contributed by atoms with van der Waals surface area (Å²) in [5, 5.41) is 5.70. The summed E-state index contributed by atoms with van der Waals surface area (Å²) in [6.07, 6.45) is 5.48. The van der Waals surface area contributed by atoms with Gasteiger partial charge in [0.15, 0.2) is 0 Å². The molecule has 0 bridgehead atoms. The van der Waals surface area contributed by atoms with Gasteiger partial charge in [0.1, 0.15) is 0 Å². The second kappa shape index (κ2) is 7.69. The Morgan fingerprint density at radius 3 is 2.88 bits per heavy atom. The number of nitrogens with one attached hydrogen (secondary N) is 1. The first-order valence-corrected chi connectivity index (χ1v) is 9.16. The molecule has 0 unspecified atom stereocenters. The average molecular weight is 359 g/mol. The molecule has 3 heterocycles. The quantitative estimate of drug-likeness (QED) is 0.879. The van der Waals surface area contributed by atoms with Gasteiger partial charge in [-0.05, 0) is 19.8 Å². The fourth-order valence-corrected chi connectivity index (χ4v) is 3.64. The van der Waals surface area contributed by atoms with Crippen LogP contribution in [0.5, 0.6) is 0 Å². The Kier molecular flexibility index (Phi) is 5.37. The molecule has 2 aromatic rings. The predicted molar refractivity (Wildman–Crippen MR) is 93.8 cm³/mol. The van der Waals surface area contributed by atoms with E-state index in [4.69, 9.17) is 0 Å². The first-order chi connectivity index (χ1) is 12.0. The third-order valence-electron chi connectivity index (χ3n) is 4.18.